The highest BCUT2D eigenvalue weighted by atomic mass is 79.9. The van der Waals surface area contributed by atoms with E-state index < -0.39 is 24.0 Å². The van der Waals surface area contributed by atoms with E-state index in [1.807, 2.05) is 30.3 Å². The van der Waals surface area contributed by atoms with Gasteiger partial charge in [0.25, 0.3) is 0 Å². The number of nitrogens with one attached hydrogen (secondary N) is 1. The van der Waals surface area contributed by atoms with Crippen molar-refractivity contribution >= 4 is 28.0 Å². The maximum atomic E-state index is 12.1. The van der Waals surface area contributed by atoms with E-state index in [0.717, 1.165) is 10.0 Å². The summed E-state index contributed by atoms with van der Waals surface area (Å²) in [5, 5.41) is 11.9. The Bertz CT molecular complexity index is 688. The first-order chi connectivity index (χ1) is 11.5. The predicted molar refractivity (Wildman–Crippen MR) is 93.4 cm³/mol. The van der Waals surface area contributed by atoms with Gasteiger partial charge in [-0.1, -0.05) is 58.4 Å². The van der Waals surface area contributed by atoms with Crippen LogP contribution >= 0.6 is 15.9 Å². The molecule has 0 saturated carbocycles. The highest BCUT2D eigenvalue weighted by molar-refractivity contribution is 9.10. The van der Waals surface area contributed by atoms with E-state index in [-0.39, 0.29) is 6.61 Å². The summed E-state index contributed by atoms with van der Waals surface area (Å²) in [6.45, 7) is 1.67. The molecule has 0 heterocycles. The van der Waals surface area contributed by atoms with Gasteiger partial charge < -0.3 is 15.2 Å². The van der Waals surface area contributed by atoms with Crippen molar-refractivity contribution in [3.63, 3.8) is 0 Å². The van der Waals surface area contributed by atoms with Crippen molar-refractivity contribution < 1.29 is 19.4 Å². The van der Waals surface area contributed by atoms with Gasteiger partial charge in [0.05, 0.1) is 12.0 Å². The Morgan fingerprint density at radius 3 is 2.33 bits per heavy atom. The van der Waals surface area contributed by atoms with Gasteiger partial charge in [0.15, 0.2) is 0 Å². The smallest absolute Gasteiger partial charge is 0.407 e. The number of ether oxygens (including phenoxy) is 1. The Morgan fingerprint density at radius 2 is 1.75 bits per heavy atom. The molecule has 0 bridgehead atoms. The van der Waals surface area contributed by atoms with Crippen LogP contribution < -0.4 is 5.32 Å². The van der Waals surface area contributed by atoms with Crippen molar-refractivity contribution in [3.05, 3.63) is 70.2 Å². The minimum Gasteiger partial charge on any atom is -0.481 e. The summed E-state index contributed by atoms with van der Waals surface area (Å²) in [6.07, 6.45) is -0.653. The van der Waals surface area contributed by atoms with Crippen LogP contribution in [0, 0.1) is 5.92 Å². The molecule has 2 aromatic rings. The van der Waals surface area contributed by atoms with E-state index in [1.165, 1.54) is 0 Å². The van der Waals surface area contributed by atoms with Gasteiger partial charge in [-0.25, -0.2) is 4.79 Å². The van der Waals surface area contributed by atoms with Gasteiger partial charge >= 0.3 is 12.1 Å². The van der Waals surface area contributed by atoms with Crippen molar-refractivity contribution in [2.24, 2.45) is 5.92 Å². The number of amides is 1. The van der Waals surface area contributed by atoms with Crippen LogP contribution in [-0.4, -0.2) is 17.2 Å². The van der Waals surface area contributed by atoms with Crippen molar-refractivity contribution in [1.82, 2.24) is 5.32 Å². The van der Waals surface area contributed by atoms with Crippen LogP contribution in [0.15, 0.2) is 59.1 Å². The largest absolute Gasteiger partial charge is 0.481 e. The number of halogens is 1. The van der Waals surface area contributed by atoms with Crippen LogP contribution in [0.5, 0.6) is 0 Å². The van der Waals surface area contributed by atoms with Crippen molar-refractivity contribution in [2.45, 2.75) is 19.6 Å². The van der Waals surface area contributed by atoms with Crippen LogP contribution in [0.1, 0.15) is 24.1 Å². The number of rotatable bonds is 6. The summed E-state index contributed by atoms with van der Waals surface area (Å²) >= 11 is 3.33. The fourth-order valence-corrected chi connectivity index (χ4v) is 2.47. The highest BCUT2D eigenvalue weighted by Crippen LogP contribution is 2.24. The van der Waals surface area contributed by atoms with Gasteiger partial charge in [-0.3, -0.25) is 4.79 Å². The third-order valence-electron chi connectivity index (χ3n) is 3.60. The number of hydrogen-bond acceptors (Lipinski definition) is 3. The SMILES string of the molecule is CC(C(=O)O)C(NC(=O)OCc1ccccc1)c1ccc(Br)cc1. The summed E-state index contributed by atoms with van der Waals surface area (Å²) in [5.74, 6) is -1.79. The average Bonchev–Trinajstić information content (AvgIpc) is 2.59. The first-order valence-electron chi connectivity index (χ1n) is 7.43. The lowest BCUT2D eigenvalue weighted by atomic mass is 9.95. The minimum atomic E-state index is -0.994. The lowest BCUT2D eigenvalue weighted by molar-refractivity contribution is -0.142. The molecule has 2 N–H and O–H groups in total. The molecule has 5 nitrogen and oxygen atoms in total. The number of alkyl carbamates (subject to hydrolysis) is 1. The van der Waals surface area contributed by atoms with Crippen molar-refractivity contribution in [3.8, 4) is 0 Å². The zero-order valence-corrected chi connectivity index (χ0v) is 14.7. The number of aliphatic carboxylic acids is 1. The third kappa shape index (κ3) is 5.09. The van der Waals surface area contributed by atoms with Crippen molar-refractivity contribution in [1.29, 1.82) is 0 Å². The molecule has 0 aliphatic heterocycles. The first kappa shape index (κ1) is 18.0. The van der Waals surface area contributed by atoms with E-state index in [0.29, 0.717) is 5.56 Å². The van der Waals surface area contributed by atoms with Gasteiger partial charge in [-0.2, -0.15) is 0 Å². The quantitative estimate of drug-likeness (QED) is 0.775. The summed E-state index contributed by atoms with van der Waals surface area (Å²) in [4.78, 5) is 23.4. The van der Waals surface area contributed by atoms with Gasteiger partial charge in [-0.15, -0.1) is 0 Å². The third-order valence-corrected chi connectivity index (χ3v) is 4.13. The van der Waals surface area contributed by atoms with E-state index in [2.05, 4.69) is 21.2 Å². The molecule has 6 heteroatoms. The second kappa shape index (κ2) is 8.49. The average molecular weight is 392 g/mol. The van der Waals surface area contributed by atoms with Gasteiger partial charge in [0, 0.05) is 4.47 Å². The maximum absolute atomic E-state index is 12.1. The highest BCUT2D eigenvalue weighted by Gasteiger charge is 2.27. The molecule has 24 heavy (non-hydrogen) atoms. The molecule has 0 radical (unpaired) electrons. The van der Waals surface area contributed by atoms with E-state index in [4.69, 9.17) is 4.74 Å². The summed E-state index contributed by atoms with van der Waals surface area (Å²) in [5.41, 5.74) is 1.56. The van der Waals surface area contributed by atoms with Crippen LogP contribution in [0.25, 0.3) is 0 Å². The minimum absolute atomic E-state index is 0.126. The van der Waals surface area contributed by atoms with Gasteiger partial charge in [0.1, 0.15) is 6.61 Å². The molecule has 2 atom stereocenters. The molecule has 0 fully saturated rings. The second-order valence-corrected chi connectivity index (χ2v) is 6.28. The summed E-state index contributed by atoms with van der Waals surface area (Å²) in [6, 6.07) is 15.7. The Kier molecular flexibility index (Phi) is 6.37. The number of carbonyl (C=O) groups excluding carboxylic acids is 1. The predicted octanol–water partition coefficient (Wildman–Crippen LogP) is 4.14. The van der Waals surface area contributed by atoms with Crippen LogP contribution in [0.3, 0.4) is 0 Å². The lowest BCUT2D eigenvalue weighted by Crippen LogP contribution is -2.35. The first-order valence-corrected chi connectivity index (χ1v) is 8.22. The fraction of sp³-hybridized carbons (Fsp3) is 0.222. The molecule has 1 amide bonds. The molecule has 0 aliphatic carbocycles. The molecule has 0 saturated heterocycles. The van der Waals surface area contributed by atoms with E-state index >= 15 is 0 Å². The zero-order valence-electron chi connectivity index (χ0n) is 13.1. The normalized spacial score (nSPS) is 12.9. The summed E-state index contributed by atoms with van der Waals surface area (Å²) < 4.78 is 6.06. The topological polar surface area (TPSA) is 75.6 Å². The second-order valence-electron chi connectivity index (χ2n) is 5.36. The number of carboxylic acids is 1. The molecule has 0 spiro atoms. The number of carboxylic acid groups (broad SMARTS) is 1. The molecule has 2 unspecified atom stereocenters. The fourth-order valence-electron chi connectivity index (χ4n) is 2.20. The van der Waals surface area contributed by atoms with Crippen LogP contribution in [-0.2, 0) is 16.1 Å². The number of carbonyl (C=O) groups is 2. The monoisotopic (exact) mass is 391 g/mol. The van der Waals surface area contributed by atoms with Crippen molar-refractivity contribution in [2.75, 3.05) is 0 Å². The molecular formula is C18H18BrNO4. The molecule has 2 aromatic carbocycles. The number of benzene rings is 2. The summed E-state index contributed by atoms with van der Waals surface area (Å²) in [7, 11) is 0. The van der Waals surface area contributed by atoms with E-state index in [9.17, 15) is 14.7 Å². The number of hydrogen-bond donors (Lipinski definition) is 2. The molecule has 0 aliphatic rings. The van der Waals surface area contributed by atoms with Gasteiger partial charge in [0.2, 0.25) is 0 Å². The molecule has 126 valence electrons. The Hall–Kier alpha value is -2.34. The molecule has 0 aromatic heterocycles. The van der Waals surface area contributed by atoms with Crippen LogP contribution in [0.2, 0.25) is 0 Å². The lowest BCUT2D eigenvalue weighted by Gasteiger charge is -2.22. The Morgan fingerprint density at radius 1 is 1.12 bits per heavy atom. The Labute approximate surface area is 148 Å². The van der Waals surface area contributed by atoms with Crippen LogP contribution in [0.4, 0.5) is 4.79 Å². The van der Waals surface area contributed by atoms with E-state index in [1.54, 1.807) is 31.2 Å². The Balaban J connectivity index is 2.05. The zero-order chi connectivity index (χ0) is 17.5. The molecule has 2 rings (SSSR count). The maximum Gasteiger partial charge on any atom is 0.407 e. The molecular weight excluding hydrogens is 374 g/mol. The standard InChI is InChI=1S/C18H18BrNO4/c1-12(17(21)22)16(14-7-9-15(19)10-8-14)20-18(23)24-11-13-5-3-2-4-6-13/h2-10,12,16H,11H2,1H3,(H,20,23)(H,21,22). The van der Waals surface area contributed by atoms with Gasteiger partial charge in [-0.05, 0) is 30.2 Å².